The highest BCUT2D eigenvalue weighted by Gasteiger charge is 2.16. The molecular weight excluding hydrogens is 262 g/mol. The van der Waals surface area contributed by atoms with Gasteiger partial charge in [0.25, 0.3) is 0 Å². The van der Waals surface area contributed by atoms with Gasteiger partial charge in [0, 0.05) is 7.11 Å². The molecule has 100 valence electrons. The fourth-order valence-corrected chi connectivity index (χ4v) is 1.41. The lowest BCUT2D eigenvalue weighted by Crippen LogP contribution is -2.10. The van der Waals surface area contributed by atoms with Gasteiger partial charge >= 0.3 is 5.97 Å². The van der Waals surface area contributed by atoms with Gasteiger partial charge in [-0.1, -0.05) is 11.6 Å². The lowest BCUT2D eigenvalue weighted by molar-refractivity contribution is -0.142. The van der Waals surface area contributed by atoms with E-state index in [0.29, 0.717) is 5.75 Å². The van der Waals surface area contributed by atoms with Crippen LogP contribution in [0.25, 0.3) is 0 Å². The molecule has 0 saturated carbocycles. The van der Waals surface area contributed by atoms with E-state index in [1.54, 1.807) is 6.07 Å². The first-order valence-electron chi connectivity index (χ1n) is 5.11. The molecule has 0 aliphatic heterocycles. The van der Waals surface area contributed by atoms with Gasteiger partial charge in [0.15, 0.2) is 17.7 Å². The number of nitrogens with zero attached hydrogens (tertiary/aromatic N) is 1. The molecule has 0 amide bonds. The number of aliphatic hydroxyl groups excluding tert-OH is 1. The average Bonchev–Trinajstić information content (AvgIpc) is 2.37. The minimum atomic E-state index is -1.06. The Morgan fingerprint density at radius 2 is 2.22 bits per heavy atom. The lowest BCUT2D eigenvalue weighted by Gasteiger charge is -2.11. The van der Waals surface area contributed by atoms with Gasteiger partial charge in [-0.3, -0.25) is 4.79 Å². The predicted molar refractivity (Wildman–Crippen MR) is 63.3 cm³/mol. The third-order valence-corrected chi connectivity index (χ3v) is 2.37. The van der Waals surface area contributed by atoms with E-state index < -0.39 is 12.1 Å². The fourth-order valence-electron chi connectivity index (χ4n) is 1.20. The number of esters is 1. The molecule has 0 bridgehead atoms. The maximum atomic E-state index is 11.0. The Labute approximate surface area is 109 Å². The van der Waals surface area contributed by atoms with Gasteiger partial charge < -0.3 is 19.3 Å². The summed E-state index contributed by atoms with van der Waals surface area (Å²) >= 11 is 5.86. The van der Waals surface area contributed by atoms with Gasteiger partial charge in [0.1, 0.15) is 6.10 Å². The number of carbonyl (C=O) groups is 1. The molecule has 6 nitrogen and oxygen atoms in total. The highest BCUT2D eigenvalue weighted by atomic mass is 35.5. The lowest BCUT2D eigenvalue weighted by atomic mass is 10.1. The first kappa shape index (κ1) is 14.7. The van der Waals surface area contributed by atoms with Crippen molar-refractivity contribution >= 4 is 17.6 Å². The Hall–Kier alpha value is -1.37. The summed E-state index contributed by atoms with van der Waals surface area (Å²) in [5.41, 5.74) is 0.273. The molecule has 0 spiro atoms. The first-order valence-corrected chi connectivity index (χ1v) is 5.49. The molecule has 1 N–H and O–H groups in total. The van der Waals surface area contributed by atoms with Crippen molar-refractivity contribution in [2.45, 2.75) is 12.5 Å². The molecule has 0 radical (unpaired) electrons. The minimum absolute atomic E-state index is 0.0471. The average molecular weight is 276 g/mol. The quantitative estimate of drug-likeness (QED) is 0.479. The van der Waals surface area contributed by atoms with Crippen molar-refractivity contribution in [2.24, 2.45) is 0 Å². The molecule has 1 atom stereocenters. The number of pyridine rings is 1. The number of halogens is 1. The number of methoxy groups -OCH3 is 2. The summed E-state index contributed by atoms with van der Waals surface area (Å²) in [4.78, 5) is 14.9. The van der Waals surface area contributed by atoms with Crippen LogP contribution in [0, 0.1) is 0 Å². The molecular formula is C11H14ClNO5. The van der Waals surface area contributed by atoms with Gasteiger partial charge in [0.05, 0.1) is 19.2 Å². The second kappa shape index (κ2) is 7.15. The highest BCUT2D eigenvalue weighted by molar-refractivity contribution is 6.30. The van der Waals surface area contributed by atoms with Gasteiger partial charge in [-0.25, -0.2) is 4.98 Å². The summed E-state index contributed by atoms with van der Waals surface area (Å²) in [7, 11) is 2.73. The van der Waals surface area contributed by atoms with Crippen LogP contribution in [0.2, 0.25) is 5.15 Å². The van der Waals surface area contributed by atoms with E-state index in [-0.39, 0.29) is 24.1 Å². The van der Waals surface area contributed by atoms with Crippen LogP contribution in [0.4, 0.5) is 0 Å². The standard InChI is InChI=1S/C11H14ClNO5/c1-16-6-18-9-4-3-7(13-11(9)12)8(14)5-10(15)17-2/h3-4,8,14H,5-6H2,1-2H3/t8-/m0/s1. The third kappa shape index (κ3) is 4.14. The van der Waals surface area contributed by atoms with Crippen molar-refractivity contribution in [3.8, 4) is 5.75 Å². The minimum Gasteiger partial charge on any atom is -0.469 e. The van der Waals surface area contributed by atoms with E-state index in [2.05, 4.69) is 9.72 Å². The maximum Gasteiger partial charge on any atom is 0.308 e. The normalized spacial score (nSPS) is 12.0. The second-order valence-electron chi connectivity index (χ2n) is 3.37. The van der Waals surface area contributed by atoms with E-state index in [1.165, 1.54) is 20.3 Å². The van der Waals surface area contributed by atoms with Crippen molar-refractivity contribution in [3.63, 3.8) is 0 Å². The van der Waals surface area contributed by atoms with Gasteiger partial charge in [-0.2, -0.15) is 0 Å². The summed E-state index contributed by atoms with van der Waals surface area (Å²) in [6.45, 7) is 0.0471. The summed E-state index contributed by atoms with van der Waals surface area (Å²) in [6.07, 6.45) is -1.25. The molecule has 0 aliphatic carbocycles. The smallest absolute Gasteiger partial charge is 0.308 e. The third-order valence-electron chi connectivity index (χ3n) is 2.10. The topological polar surface area (TPSA) is 77.9 Å². The Kier molecular flexibility index (Phi) is 5.84. The van der Waals surface area contributed by atoms with Gasteiger partial charge in [-0.15, -0.1) is 0 Å². The molecule has 1 aromatic heterocycles. The Morgan fingerprint density at radius 1 is 1.50 bits per heavy atom. The van der Waals surface area contributed by atoms with E-state index in [1.807, 2.05) is 0 Å². The molecule has 1 heterocycles. The van der Waals surface area contributed by atoms with Crippen LogP contribution in [0.15, 0.2) is 12.1 Å². The van der Waals surface area contributed by atoms with Crippen molar-refractivity contribution in [1.82, 2.24) is 4.98 Å². The number of hydrogen-bond donors (Lipinski definition) is 1. The van der Waals surface area contributed by atoms with Crippen LogP contribution in [0.3, 0.4) is 0 Å². The number of hydrogen-bond acceptors (Lipinski definition) is 6. The Balaban J connectivity index is 2.73. The molecule has 18 heavy (non-hydrogen) atoms. The van der Waals surface area contributed by atoms with Gasteiger partial charge in [0.2, 0.25) is 0 Å². The van der Waals surface area contributed by atoms with E-state index in [4.69, 9.17) is 21.1 Å². The highest BCUT2D eigenvalue weighted by Crippen LogP contribution is 2.25. The van der Waals surface area contributed by atoms with E-state index in [0.717, 1.165) is 0 Å². The zero-order valence-corrected chi connectivity index (χ0v) is 10.8. The number of aliphatic hydroxyl groups is 1. The Bertz CT molecular complexity index is 412. The van der Waals surface area contributed by atoms with Crippen LogP contribution in [-0.2, 0) is 14.3 Å². The van der Waals surface area contributed by atoms with Crippen molar-refractivity contribution in [2.75, 3.05) is 21.0 Å². The largest absolute Gasteiger partial charge is 0.469 e. The van der Waals surface area contributed by atoms with Gasteiger partial charge in [-0.05, 0) is 12.1 Å². The molecule has 0 saturated heterocycles. The predicted octanol–water partition coefficient (Wildman–Crippen LogP) is 1.31. The molecule has 0 unspecified atom stereocenters. The second-order valence-corrected chi connectivity index (χ2v) is 3.73. The Morgan fingerprint density at radius 3 is 2.78 bits per heavy atom. The van der Waals surface area contributed by atoms with Crippen LogP contribution < -0.4 is 4.74 Å². The number of aromatic nitrogens is 1. The zero-order chi connectivity index (χ0) is 13.5. The summed E-state index contributed by atoms with van der Waals surface area (Å²) < 4.78 is 14.3. The summed E-state index contributed by atoms with van der Waals surface area (Å²) in [6, 6.07) is 3.06. The molecule has 1 aromatic rings. The van der Waals surface area contributed by atoms with Crippen molar-refractivity contribution < 1.29 is 24.1 Å². The number of rotatable bonds is 6. The SMILES string of the molecule is COCOc1ccc([C@@H](O)CC(=O)OC)nc1Cl. The monoisotopic (exact) mass is 275 g/mol. The van der Waals surface area contributed by atoms with Crippen molar-refractivity contribution in [1.29, 1.82) is 0 Å². The van der Waals surface area contributed by atoms with Crippen LogP contribution in [0.5, 0.6) is 5.75 Å². The maximum absolute atomic E-state index is 11.0. The molecule has 0 aromatic carbocycles. The summed E-state index contributed by atoms with van der Waals surface area (Å²) in [5, 5.41) is 9.82. The van der Waals surface area contributed by atoms with Crippen molar-refractivity contribution in [3.05, 3.63) is 23.0 Å². The van der Waals surface area contributed by atoms with E-state index >= 15 is 0 Å². The molecule has 7 heteroatoms. The molecule has 0 fully saturated rings. The first-order chi connectivity index (χ1) is 8.58. The summed E-state index contributed by atoms with van der Waals surface area (Å²) in [5.74, 6) is -0.187. The number of ether oxygens (including phenoxy) is 3. The zero-order valence-electron chi connectivity index (χ0n) is 10.1. The molecule has 1 rings (SSSR count). The fraction of sp³-hybridized carbons (Fsp3) is 0.455. The molecule has 0 aliphatic rings. The van der Waals surface area contributed by atoms with E-state index in [9.17, 15) is 9.90 Å². The van der Waals surface area contributed by atoms with Crippen LogP contribution in [-0.4, -0.2) is 37.1 Å². The van der Waals surface area contributed by atoms with Crippen LogP contribution in [0.1, 0.15) is 18.2 Å². The van der Waals surface area contributed by atoms with Crippen LogP contribution >= 0.6 is 11.6 Å². The number of carbonyl (C=O) groups excluding carboxylic acids is 1.